The molecule has 0 saturated carbocycles. The standard InChI is InChI=1S/C15H12ClFN4O2S2/c1-21-9-18-19-15(21)24-13-5-3-2-4-12(13)20-25(22,23)14-7-6-10(16)8-11(14)17/h2-9,20H,1H3. The van der Waals surface area contributed by atoms with Crippen molar-refractivity contribution in [2.45, 2.75) is 14.9 Å². The summed E-state index contributed by atoms with van der Waals surface area (Å²) in [5, 5.41) is 8.44. The van der Waals surface area contributed by atoms with Crippen molar-refractivity contribution in [1.29, 1.82) is 0 Å². The summed E-state index contributed by atoms with van der Waals surface area (Å²) in [6, 6.07) is 10.2. The van der Waals surface area contributed by atoms with Crippen LogP contribution in [-0.2, 0) is 17.1 Å². The Morgan fingerprint density at radius 2 is 2.00 bits per heavy atom. The number of benzene rings is 2. The second-order valence-corrected chi connectivity index (χ2v) is 8.10. The molecule has 0 aliphatic carbocycles. The minimum Gasteiger partial charge on any atom is -0.311 e. The van der Waals surface area contributed by atoms with Gasteiger partial charge >= 0.3 is 0 Å². The molecule has 0 bridgehead atoms. The SMILES string of the molecule is Cn1cnnc1Sc1ccccc1NS(=O)(=O)c1ccc(Cl)cc1F. The Balaban J connectivity index is 1.94. The van der Waals surface area contributed by atoms with Crippen LogP contribution in [0.2, 0.25) is 5.02 Å². The summed E-state index contributed by atoms with van der Waals surface area (Å²) in [7, 11) is -2.34. The van der Waals surface area contributed by atoms with Gasteiger partial charge in [-0.25, -0.2) is 12.8 Å². The Labute approximate surface area is 153 Å². The first-order valence-corrected chi connectivity index (χ1v) is 9.63. The number of rotatable bonds is 5. The molecule has 130 valence electrons. The summed E-state index contributed by atoms with van der Waals surface area (Å²) >= 11 is 6.91. The monoisotopic (exact) mass is 398 g/mol. The molecule has 10 heteroatoms. The average Bonchev–Trinajstić information content (AvgIpc) is 2.93. The van der Waals surface area contributed by atoms with Crippen molar-refractivity contribution in [3.63, 3.8) is 0 Å². The molecule has 3 aromatic rings. The lowest BCUT2D eigenvalue weighted by atomic mass is 10.3. The van der Waals surface area contributed by atoms with Crippen LogP contribution in [0.1, 0.15) is 0 Å². The predicted molar refractivity (Wildman–Crippen MR) is 93.8 cm³/mol. The van der Waals surface area contributed by atoms with Gasteiger partial charge in [-0.3, -0.25) is 4.72 Å². The third kappa shape index (κ3) is 3.94. The molecule has 1 heterocycles. The highest BCUT2D eigenvalue weighted by molar-refractivity contribution is 7.99. The number of hydrogen-bond acceptors (Lipinski definition) is 5. The number of nitrogens with one attached hydrogen (secondary N) is 1. The molecule has 0 fully saturated rings. The van der Waals surface area contributed by atoms with Crippen molar-refractivity contribution >= 4 is 39.1 Å². The Bertz CT molecular complexity index is 1020. The van der Waals surface area contributed by atoms with E-state index in [1.54, 1.807) is 35.9 Å². The fourth-order valence-electron chi connectivity index (χ4n) is 2.00. The second-order valence-electron chi connectivity index (χ2n) is 5.00. The Hall–Kier alpha value is -2.10. The van der Waals surface area contributed by atoms with Crippen LogP contribution in [0.5, 0.6) is 0 Å². The van der Waals surface area contributed by atoms with Gasteiger partial charge in [0.25, 0.3) is 10.0 Å². The molecular formula is C15H12ClFN4O2S2. The van der Waals surface area contributed by atoms with E-state index in [2.05, 4.69) is 14.9 Å². The van der Waals surface area contributed by atoms with E-state index in [9.17, 15) is 12.8 Å². The largest absolute Gasteiger partial charge is 0.311 e. The summed E-state index contributed by atoms with van der Waals surface area (Å²) < 4.78 is 43.1. The van der Waals surface area contributed by atoms with Gasteiger partial charge in [-0.1, -0.05) is 23.7 Å². The van der Waals surface area contributed by atoms with E-state index in [4.69, 9.17) is 11.6 Å². The third-order valence-electron chi connectivity index (χ3n) is 3.19. The number of aryl methyl sites for hydroxylation is 1. The van der Waals surface area contributed by atoms with Crippen molar-refractivity contribution in [2.24, 2.45) is 7.05 Å². The second kappa shape index (κ2) is 7.03. The smallest absolute Gasteiger partial charge is 0.264 e. The fourth-order valence-corrected chi connectivity index (χ4v) is 4.21. The molecule has 0 unspecified atom stereocenters. The number of para-hydroxylation sites is 1. The van der Waals surface area contributed by atoms with Crippen molar-refractivity contribution in [2.75, 3.05) is 4.72 Å². The van der Waals surface area contributed by atoms with Crippen LogP contribution in [0.25, 0.3) is 0 Å². The van der Waals surface area contributed by atoms with Gasteiger partial charge in [0.05, 0.1) is 5.69 Å². The normalized spacial score (nSPS) is 11.5. The first-order chi connectivity index (χ1) is 11.9. The minimum atomic E-state index is -4.11. The molecule has 0 aliphatic heterocycles. The molecule has 2 aromatic carbocycles. The summed E-state index contributed by atoms with van der Waals surface area (Å²) in [5.41, 5.74) is 0.310. The lowest BCUT2D eigenvalue weighted by molar-refractivity contribution is 0.570. The van der Waals surface area contributed by atoms with Crippen LogP contribution in [0, 0.1) is 5.82 Å². The zero-order chi connectivity index (χ0) is 18.0. The number of anilines is 1. The lowest BCUT2D eigenvalue weighted by Crippen LogP contribution is -2.15. The maximum Gasteiger partial charge on any atom is 0.264 e. The molecule has 0 aliphatic rings. The van der Waals surface area contributed by atoms with Crippen molar-refractivity contribution in [3.05, 3.63) is 59.6 Å². The first-order valence-electron chi connectivity index (χ1n) is 6.95. The molecule has 0 spiro atoms. The average molecular weight is 399 g/mol. The highest BCUT2D eigenvalue weighted by atomic mass is 35.5. The van der Waals surface area contributed by atoms with E-state index in [1.807, 2.05) is 0 Å². The molecule has 6 nitrogen and oxygen atoms in total. The summed E-state index contributed by atoms with van der Waals surface area (Å²) in [5.74, 6) is -0.918. The zero-order valence-corrected chi connectivity index (χ0v) is 15.2. The lowest BCUT2D eigenvalue weighted by Gasteiger charge is -2.12. The topological polar surface area (TPSA) is 76.9 Å². The molecular weight excluding hydrogens is 387 g/mol. The fraction of sp³-hybridized carbons (Fsp3) is 0.0667. The van der Waals surface area contributed by atoms with Crippen LogP contribution in [0.3, 0.4) is 0 Å². The van der Waals surface area contributed by atoms with Crippen molar-refractivity contribution in [3.8, 4) is 0 Å². The predicted octanol–water partition coefficient (Wildman–Crippen LogP) is 3.56. The Kier molecular flexibility index (Phi) is 4.98. The van der Waals surface area contributed by atoms with Crippen molar-refractivity contribution in [1.82, 2.24) is 14.8 Å². The maximum absolute atomic E-state index is 14.0. The molecule has 1 aromatic heterocycles. The minimum absolute atomic E-state index is 0.120. The van der Waals surface area contributed by atoms with Gasteiger partial charge in [-0.15, -0.1) is 10.2 Å². The van der Waals surface area contributed by atoms with E-state index in [1.165, 1.54) is 24.2 Å². The van der Waals surface area contributed by atoms with Gasteiger partial charge < -0.3 is 4.57 Å². The third-order valence-corrected chi connectivity index (χ3v) is 5.95. The molecule has 25 heavy (non-hydrogen) atoms. The van der Waals surface area contributed by atoms with E-state index >= 15 is 0 Å². The summed E-state index contributed by atoms with van der Waals surface area (Å²) in [6.45, 7) is 0. The number of hydrogen-bond donors (Lipinski definition) is 1. The van der Waals surface area contributed by atoms with E-state index in [0.29, 0.717) is 15.7 Å². The van der Waals surface area contributed by atoms with Gasteiger partial charge in [0.2, 0.25) is 0 Å². The number of nitrogens with zero attached hydrogens (tertiary/aromatic N) is 3. The van der Waals surface area contributed by atoms with Gasteiger partial charge in [-0.05, 0) is 42.1 Å². The van der Waals surface area contributed by atoms with Crippen LogP contribution in [0.15, 0.2) is 63.7 Å². The molecule has 0 amide bonds. The van der Waals surface area contributed by atoms with Crippen LogP contribution in [-0.4, -0.2) is 23.2 Å². The van der Waals surface area contributed by atoms with Crippen molar-refractivity contribution < 1.29 is 12.8 Å². The van der Waals surface area contributed by atoms with Crippen LogP contribution < -0.4 is 4.72 Å². The maximum atomic E-state index is 14.0. The van der Waals surface area contributed by atoms with Gasteiger partial charge in [0, 0.05) is 17.0 Å². The molecule has 0 atom stereocenters. The number of halogens is 2. The van der Waals surface area contributed by atoms with Gasteiger partial charge in [0.15, 0.2) is 5.16 Å². The Morgan fingerprint density at radius 1 is 1.24 bits per heavy atom. The Morgan fingerprint density at radius 3 is 2.68 bits per heavy atom. The molecule has 0 saturated heterocycles. The highest BCUT2D eigenvalue weighted by Crippen LogP contribution is 2.33. The number of sulfonamides is 1. The molecule has 1 N–H and O–H groups in total. The summed E-state index contributed by atoms with van der Waals surface area (Å²) in [4.78, 5) is 0.131. The zero-order valence-electron chi connectivity index (χ0n) is 12.8. The highest BCUT2D eigenvalue weighted by Gasteiger charge is 2.21. The van der Waals surface area contributed by atoms with E-state index < -0.39 is 20.7 Å². The molecule has 3 rings (SSSR count). The quantitative estimate of drug-likeness (QED) is 0.711. The van der Waals surface area contributed by atoms with Crippen LogP contribution >= 0.6 is 23.4 Å². The number of aromatic nitrogens is 3. The van der Waals surface area contributed by atoms with Crippen LogP contribution in [0.4, 0.5) is 10.1 Å². The first kappa shape index (κ1) is 17.7. The van der Waals surface area contributed by atoms with Gasteiger partial charge in [0.1, 0.15) is 17.0 Å². The summed E-state index contributed by atoms with van der Waals surface area (Å²) in [6.07, 6.45) is 1.54. The molecule has 0 radical (unpaired) electrons. The van der Waals surface area contributed by atoms with E-state index in [-0.39, 0.29) is 5.02 Å². The van der Waals surface area contributed by atoms with Gasteiger partial charge in [-0.2, -0.15) is 0 Å². The van der Waals surface area contributed by atoms with E-state index in [0.717, 1.165) is 12.1 Å².